The van der Waals surface area contributed by atoms with Crippen molar-refractivity contribution in [1.29, 1.82) is 5.26 Å². The summed E-state index contributed by atoms with van der Waals surface area (Å²) in [6, 6.07) is 5.96. The van der Waals surface area contributed by atoms with Crippen molar-refractivity contribution in [2.75, 3.05) is 0 Å². The van der Waals surface area contributed by atoms with Crippen LogP contribution < -0.4 is 0 Å². The number of halogens is 1. The summed E-state index contributed by atoms with van der Waals surface area (Å²) < 4.78 is 15.2. The van der Waals surface area contributed by atoms with Crippen LogP contribution in [0.3, 0.4) is 0 Å². The molecule has 2 rings (SSSR count). The summed E-state index contributed by atoms with van der Waals surface area (Å²) in [6.45, 7) is 3.19. The van der Waals surface area contributed by atoms with Crippen LogP contribution in [-0.2, 0) is 6.54 Å². The highest BCUT2D eigenvalue weighted by Gasteiger charge is 2.22. The molecule has 6 nitrogen and oxygen atoms in total. The van der Waals surface area contributed by atoms with Crippen LogP contribution >= 0.6 is 0 Å². The van der Waals surface area contributed by atoms with Gasteiger partial charge in [0.1, 0.15) is 17.2 Å². The van der Waals surface area contributed by atoms with E-state index in [9.17, 15) is 14.5 Å². The van der Waals surface area contributed by atoms with Gasteiger partial charge in [-0.1, -0.05) is 6.07 Å². The van der Waals surface area contributed by atoms with E-state index in [4.69, 9.17) is 5.26 Å². The first-order valence-electron chi connectivity index (χ1n) is 5.81. The molecule has 0 saturated carbocycles. The van der Waals surface area contributed by atoms with E-state index in [1.165, 1.54) is 23.7 Å². The Labute approximate surface area is 114 Å². The average Bonchev–Trinajstić information content (AvgIpc) is 2.66. The van der Waals surface area contributed by atoms with Gasteiger partial charge in [-0.15, -0.1) is 0 Å². The van der Waals surface area contributed by atoms with Gasteiger partial charge in [0.05, 0.1) is 23.1 Å². The second-order valence-electron chi connectivity index (χ2n) is 4.35. The van der Waals surface area contributed by atoms with Gasteiger partial charge >= 0.3 is 5.69 Å². The zero-order valence-electron chi connectivity index (χ0n) is 10.9. The average molecular weight is 274 g/mol. The van der Waals surface area contributed by atoms with Crippen LogP contribution in [-0.4, -0.2) is 14.7 Å². The van der Waals surface area contributed by atoms with Gasteiger partial charge in [0.25, 0.3) is 0 Å². The molecule has 2 aromatic rings. The molecule has 0 N–H and O–H groups in total. The first kappa shape index (κ1) is 13.7. The zero-order chi connectivity index (χ0) is 14.9. The smallest absolute Gasteiger partial charge is 0.258 e. The predicted molar refractivity (Wildman–Crippen MR) is 68.6 cm³/mol. The molecular formula is C13H11FN4O2. The molecule has 0 amide bonds. The van der Waals surface area contributed by atoms with E-state index < -0.39 is 10.7 Å². The van der Waals surface area contributed by atoms with Gasteiger partial charge < -0.3 is 0 Å². The molecule has 0 unspecified atom stereocenters. The summed E-state index contributed by atoms with van der Waals surface area (Å²) in [5.41, 5.74) is 1.16. The summed E-state index contributed by atoms with van der Waals surface area (Å²) in [5.74, 6) is -0.528. The Bertz CT molecular complexity index is 731. The normalized spacial score (nSPS) is 10.3. The van der Waals surface area contributed by atoms with Crippen molar-refractivity contribution in [3.8, 4) is 6.07 Å². The summed E-state index contributed by atoms with van der Waals surface area (Å²) in [7, 11) is 0. The summed E-state index contributed by atoms with van der Waals surface area (Å²) in [5, 5.41) is 23.6. The lowest BCUT2D eigenvalue weighted by Crippen LogP contribution is -2.06. The quantitative estimate of drug-likeness (QED) is 0.635. The van der Waals surface area contributed by atoms with Crippen LogP contribution in [0.5, 0.6) is 0 Å². The number of rotatable bonds is 3. The Morgan fingerprint density at radius 2 is 2.20 bits per heavy atom. The monoisotopic (exact) mass is 274 g/mol. The highest BCUT2D eigenvalue weighted by Crippen LogP contribution is 2.23. The van der Waals surface area contributed by atoms with E-state index in [2.05, 4.69) is 5.10 Å². The third-order valence-electron chi connectivity index (χ3n) is 3.03. The van der Waals surface area contributed by atoms with Crippen LogP contribution in [0.4, 0.5) is 10.1 Å². The Balaban J connectivity index is 2.39. The van der Waals surface area contributed by atoms with E-state index in [1.807, 2.05) is 6.07 Å². The second kappa shape index (κ2) is 5.09. The van der Waals surface area contributed by atoms with Gasteiger partial charge in [0.2, 0.25) is 0 Å². The molecule has 1 aromatic carbocycles. The fourth-order valence-electron chi connectivity index (χ4n) is 2.01. The van der Waals surface area contributed by atoms with Crippen molar-refractivity contribution in [2.45, 2.75) is 20.4 Å². The summed E-state index contributed by atoms with van der Waals surface area (Å²) in [6.07, 6.45) is 0. The molecule has 1 heterocycles. The SMILES string of the molecule is Cc1nn(Cc2ccc(C#N)cc2F)c(C)c1[N+](=O)[O-]. The summed E-state index contributed by atoms with van der Waals surface area (Å²) >= 11 is 0. The van der Waals surface area contributed by atoms with Crippen molar-refractivity contribution >= 4 is 5.69 Å². The molecule has 1 aromatic heterocycles. The van der Waals surface area contributed by atoms with Crippen LogP contribution in [0.15, 0.2) is 18.2 Å². The number of aromatic nitrogens is 2. The largest absolute Gasteiger partial charge is 0.312 e. The number of hydrogen-bond donors (Lipinski definition) is 0. The van der Waals surface area contributed by atoms with Gasteiger partial charge in [-0.2, -0.15) is 10.4 Å². The molecular weight excluding hydrogens is 263 g/mol. The second-order valence-corrected chi connectivity index (χ2v) is 4.35. The molecule has 102 valence electrons. The van der Waals surface area contributed by atoms with Gasteiger partial charge in [-0.3, -0.25) is 14.8 Å². The fourth-order valence-corrected chi connectivity index (χ4v) is 2.01. The summed E-state index contributed by atoms with van der Waals surface area (Å²) in [4.78, 5) is 10.4. The Morgan fingerprint density at radius 1 is 1.50 bits per heavy atom. The maximum atomic E-state index is 13.8. The number of benzene rings is 1. The first-order chi connectivity index (χ1) is 9.43. The lowest BCUT2D eigenvalue weighted by atomic mass is 10.1. The minimum Gasteiger partial charge on any atom is -0.258 e. The van der Waals surface area contributed by atoms with Gasteiger partial charge in [-0.25, -0.2) is 4.39 Å². The molecule has 20 heavy (non-hydrogen) atoms. The Kier molecular flexibility index (Phi) is 3.48. The third kappa shape index (κ3) is 2.36. The minimum atomic E-state index is -0.528. The molecule has 0 bridgehead atoms. The van der Waals surface area contributed by atoms with Crippen molar-refractivity contribution in [3.63, 3.8) is 0 Å². The highest BCUT2D eigenvalue weighted by molar-refractivity contribution is 5.40. The van der Waals surface area contributed by atoms with E-state index >= 15 is 0 Å². The molecule has 0 aliphatic carbocycles. The van der Waals surface area contributed by atoms with Crippen LogP contribution in [0.25, 0.3) is 0 Å². The van der Waals surface area contributed by atoms with E-state index in [-0.39, 0.29) is 17.8 Å². The fraction of sp³-hybridized carbons (Fsp3) is 0.231. The van der Waals surface area contributed by atoms with Crippen LogP contribution in [0.2, 0.25) is 0 Å². The van der Waals surface area contributed by atoms with Crippen molar-refractivity contribution in [1.82, 2.24) is 9.78 Å². The molecule has 0 fully saturated rings. The number of hydrogen-bond acceptors (Lipinski definition) is 4. The van der Waals surface area contributed by atoms with Crippen molar-refractivity contribution in [3.05, 3.63) is 56.6 Å². The van der Waals surface area contributed by atoms with Gasteiger partial charge in [0.15, 0.2) is 0 Å². The highest BCUT2D eigenvalue weighted by atomic mass is 19.1. The van der Waals surface area contributed by atoms with E-state index in [0.29, 0.717) is 17.0 Å². The predicted octanol–water partition coefficient (Wildman–Crippen LogP) is 2.47. The van der Waals surface area contributed by atoms with Crippen LogP contribution in [0, 0.1) is 41.1 Å². The Morgan fingerprint density at radius 3 is 2.70 bits per heavy atom. The number of aryl methyl sites for hydroxylation is 1. The van der Waals surface area contributed by atoms with E-state index in [0.717, 1.165) is 6.07 Å². The molecule has 0 saturated heterocycles. The lowest BCUT2D eigenvalue weighted by molar-refractivity contribution is -0.386. The third-order valence-corrected chi connectivity index (χ3v) is 3.03. The maximum Gasteiger partial charge on any atom is 0.312 e. The standard InChI is InChI=1S/C13H11FN4O2/c1-8-13(18(19)20)9(2)17(16-8)7-11-4-3-10(6-15)5-12(11)14/h3-5H,7H2,1-2H3. The lowest BCUT2D eigenvalue weighted by Gasteiger charge is -2.05. The number of nitrogens with zero attached hydrogens (tertiary/aromatic N) is 4. The minimum absolute atomic E-state index is 0.0564. The zero-order valence-corrected chi connectivity index (χ0v) is 10.9. The number of nitriles is 1. The molecule has 0 aliphatic heterocycles. The molecule has 0 spiro atoms. The molecule has 0 radical (unpaired) electrons. The van der Waals surface area contributed by atoms with Crippen molar-refractivity contribution in [2.24, 2.45) is 0 Å². The molecule has 0 aliphatic rings. The Hall–Kier alpha value is -2.75. The van der Waals surface area contributed by atoms with Gasteiger partial charge in [0, 0.05) is 5.56 Å². The first-order valence-corrected chi connectivity index (χ1v) is 5.81. The molecule has 0 atom stereocenters. The van der Waals surface area contributed by atoms with Gasteiger partial charge in [-0.05, 0) is 26.0 Å². The number of nitro groups is 1. The van der Waals surface area contributed by atoms with Crippen molar-refractivity contribution < 1.29 is 9.31 Å². The maximum absolute atomic E-state index is 13.8. The topological polar surface area (TPSA) is 84.8 Å². The molecule has 7 heteroatoms. The van der Waals surface area contributed by atoms with E-state index in [1.54, 1.807) is 6.92 Å². The van der Waals surface area contributed by atoms with Crippen LogP contribution in [0.1, 0.15) is 22.5 Å².